The molecule has 8 nitrogen and oxygen atoms in total. The molecule has 0 aromatic heterocycles. The smallest absolute Gasteiger partial charge is 0.407 e. The summed E-state index contributed by atoms with van der Waals surface area (Å²) in [6.07, 6.45) is 0.912. The summed E-state index contributed by atoms with van der Waals surface area (Å²) in [5.74, 6) is -1.62. The Labute approximate surface area is 199 Å². The molecular weight excluding hydrogens is 436 g/mol. The number of nitrogens with one attached hydrogen (secondary N) is 2. The number of carbonyl (C=O) groups is 3. The number of carboxylic acid groups (broad SMARTS) is 1. The number of carbonyl (C=O) groups excluding carboxylic acids is 2. The second kappa shape index (κ2) is 12.7. The zero-order valence-electron chi connectivity index (χ0n) is 19.4. The molecule has 2 amide bonds. The standard InChI is InChI=1S/C26H32N2O6/c1-2-3-15-33-16-14-27-25(31)23(12-13-24(29)30)28-26(32)34-17-22-20-10-6-4-8-18(20)19-9-5-7-11-21(19)22/h4-11,22-23H,2-3,12-17H2,1H3,(H,27,31)(H,28,32)(H,29,30). The molecule has 1 aliphatic rings. The maximum Gasteiger partial charge on any atom is 0.407 e. The molecule has 182 valence electrons. The molecule has 0 bridgehead atoms. The molecule has 2 aromatic carbocycles. The third kappa shape index (κ3) is 6.81. The van der Waals surface area contributed by atoms with E-state index in [1.54, 1.807) is 0 Å². The van der Waals surface area contributed by atoms with Gasteiger partial charge in [-0.05, 0) is 35.1 Å². The summed E-state index contributed by atoms with van der Waals surface area (Å²) in [5.41, 5.74) is 4.40. The minimum absolute atomic E-state index is 0.0396. The first-order valence-corrected chi connectivity index (χ1v) is 11.7. The highest BCUT2D eigenvalue weighted by atomic mass is 16.5. The number of benzene rings is 2. The predicted octanol–water partition coefficient (Wildman–Crippen LogP) is 3.69. The highest BCUT2D eigenvalue weighted by Gasteiger charge is 2.29. The molecule has 3 rings (SSSR count). The van der Waals surface area contributed by atoms with Gasteiger partial charge in [-0.1, -0.05) is 61.9 Å². The zero-order chi connectivity index (χ0) is 24.3. The summed E-state index contributed by atoms with van der Waals surface area (Å²) < 4.78 is 10.9. The lowest BCUT2D eigenvalue weighted by Crippen LogP contribution is -2.48. The highest BCUT2D eigenvalue weighted by molar-refractivity contribution is 5.86. The maximum absolute atomic E-state index is 12.5. The van der Waals surface area contributed by atoms with Gasteiger partial charge < -0.3 is 25.2 Å². The molecular formula is C26H32N2O6. The Hall–Kier alpha value is -3.39. The van der Waals surface area contributed by atoms with E-state index >= 15 is 0 Å². The number of fused-ring (bicyclic) bond motifs is 3. The monoisotopic (exact) mass is 468 g/mol. The van der Waals surface area contributed by atoms with Gasteiger partial charge in [0.15, 0.2) is 0 Å². The van der Waals surface area contributed by atoms with Crippen LogP contribution in [0.1, 0.15) is 49.7 Å². The molecule has 0 saturated heterocycles. The van der Waals surface area contributed by atoms with E-state index in [4.69, 9.17) is 14.6 Å². The van der Waals surface area contributed by atoms with E-state index in [0.29, 0.717) is 13.2 Å². The van der Waals surface area contributed by atoms with Gasteiger partial charge in [-0.3, -0.25) is 9.59 Å². The molecule has 0 fully saturated rings. The van der Waals surface area contributed by atoms with Gasteiger partial charge in [0.2, 0.25) is 5.91 Å². The number of rotatable bonds is 13. The Morgan fingerprint density at radius 2 is 1.65 bits per heavy atom. The van der Waals surface area contributed by atoms with Crippen LogP contribution in [-0.4, -0.2) is 55.5 Å². The predicted molar refractivity (Wildman–Crippen MR) is 128 cm³/mol. The second-order valence-corrected chi connectivity index (χ2v) is 8.21. The third-order valence-electron chi connectivity index (χ3n) is 5.79. The van der Waals surface area contributed by atoms with Gasteiger partial charge in [0.1, 0.15) is 12.6 Å². The first-order valence-electron chi connectivity index (χ1n) is 11.7. The normalized spacial score (nSPS) is 13.0. The molecule has 0 saturated carbocycles. The van der Waals surface area contributed by atoms with Crippen molar-refractivity contribution in [1.29, 1.82) is 0 Å². The fraction of sp³-hybridized carbons (Fsp3) is 0.423. The van der Waals surface area contributed by atoms with Gasteiger partial charge >= 0.3 is 12.1 Å². The van der Waals surface area contributed by atoms with Crippen LogP contribution in [0.4, 0.5) is 4.79 Å². The van der Waals surface area contributed by atoms with Gasteiger partial charge in [-0.2, -0.15) is 0 Å². The van der Waals surface area contributed by atoms with E-state index in [2.05, 4.69) is 17.6 Å². The molecule has 1 unspecified atom stereocenters. The summed E-state index contributed by atoms with van der Waals surface area (Å²) in [7, 11) is 0. The average molecular weight is 469 g/mol. The zero-order valence-corrected chi connectivity index (χ0v) is 19.4. The number of carboxylic acids is 1. The SMILES string of the molecule is CCCCOCCNC(=O)C(CCC(=O)O)NC(=O)OCC1c2ccccc2-c2ccccc21. The molecule has 1 atom stereocenters. The van der Waals surface area contributed by atoms with Crippen molar-refractivity contribution < 1.29 is 29.0 Å². The second-order valence-electron chi connectivity index (χ2n) is 8.21. The number of alkyl carbamates (subject to hydrolysis) is 1. The Balaban J connectivity index is 1.56. The Kier molecular flexibility index (Phi) is 9.46. The summed E-state index contributed by atoms with van der Waals surface area (Å²) >= 11 is 0. The molecule has 0 radical (unpaired) electrons. The van der Waals surface area contributed by atoms with E-state index in [9.17, 15) is 14.4 Å². The Morgan fingerprint density at radius 3 is 2.26 bits per heavy atom. The first-order chi connectivity index (χ1) is 16.5. The van der Waals surface area contributed by atoms with Crippen molar-refractivity contribution in [3.8, 4) is 11.1 Å². The quantitative estimate of drug-likeness (QED) is 0.386. The van der Waals surface area contributed by atoms with Crippen LogP contribution in [0, 0.1) is 0 Å². The first kappa shape index (κ1) is 25.2. The number of amides is 2. The van der Waals surface area contributed by atoms with Crippen molar-refractivity contribution in [2.75, 3.05) is 26.4 Å². The lowest BCUT2D eigenvalue weighted by Gasteiger charge is -2.19. The van der Waals surface area contributed by atoms with Crippen LogP contribution in [0.5, 0.6) is 0 Å². The number of ether oxygens (including phenoxy) is 2. The molecule has 8 heteroatoms. The van der Waals surface area contributed by atoms with Gasteiger partial charge in [-0.25, -0.2) is 4.79 Å². The van der Waals surface area contributed by atoms with Crippen LogP contribution >= 0.6 is 0 Å². The van der Waals surface area contributed by atoms with Crippen LogP contribution in [0.2, 0.25) is 0 Å². The fourth-order valence-electron chi connectivity index (χ4n) is 4.04. The largest absolute Gasteiger partial charge is 0.481 e. The van der Waals surface area contributed by atoms with Crippen molar-refractivity contribution in [3.63, 3.8) is 0 Å². The van der Waals surface area contributed by atoms with Crippen LogP contribution in [0.25, 0.3) is 11.1 Å². The minimum Gasteiger partial charge on any atom is -0.481 e. The number of hydrogen-bond donors (Lipinski definition) is 3. The number of unbranched alkanes of at least 4 members (excludes halogenated alkanes) is 1. The van der Waals surface area contributed by atoms with Crippen molar-refractivity contribution in [1.82, 2.24) is 10.6 Å². The summed E-state index contributed by atoms with van der Waals surface area (Å²) in [4.78, 5) is 36.1. The van der Waals surface area contributed by atoms with E-state index in [0.717, 1.165) is 35.1 Å². The Morgan fingerprint density at radius 1 is 1.00 bits per heavy atom. The van der Waals surface area contributed by atoms with E-state index < -0.39 is 24.0 Å². The molecule has 0 aliphatic heterocycles. The van der Waals surface area contributed by atoms with Crippen molar-refractivity contribution >= 4 is 18.0 Å². The lowest BCUT2D eigenvalue weighted by atomic mass is 9.98. The van der Waals surface area contributed by atoms with Gasteiger partial charge in [0.25, 0.3) is 0 Å². The van der Waals surface area contributed by atoms with Crippen LogP contribution < -0.4 is 10.6 Å². The van der Waals surface area contributed by atoms with E-state index in [-0.39, 0.29) is 31.9 Å². The van der Waals surface area contributed by atoms with E-state index in [1.807, 2.05) is 48.5 Å². The summed E-state index contributed by atoms with van der Waals surface area (Å²) in [5, 5.41) is 14.2. The molecule has 34 heavy (non-hydrogen) atoms. The number of aliphatic carboxylic acids is 1. The molecule has 1 aliphatic carbocycles. The van der Waals surface area contributed by atoms with E-state index in [1.165, 1.54) is 0 Å². The maximum atomic E-state index is 12.5. The fourth-order valence-corrected chi connectivity index (χ4v) is 4.04. The Bertz CT molecular complexity index is 947. The summed E-state index contributed by atoms with van der Waals surface area (Å²) in [6, 6.07) is 15.0. The molecule has 2 aromatic rings. The molecule has 0 spiro atoms. The van der Waals surface area contributed by atoms with Crippen molar-refractivity contribution in [2.24, 2.45) is 0 Å². The third-order valence-corrected chi connectivity index (χ3v) is 5.79. The lowest BCUT2D eigenvalue weighted by molar-refractivity contribution is -0.137. The number of hydrogen-bond acceptors (Lipinski definition) is 5. The minimum atomic E-state index is -1.05. The molecule has 3 N–H and O–H groups in total. The van der Waals surface area contributed by atoms with Crippen LogP contribution in [-0.2, 0) is 19.1 Å². The van der Waals surface area contributed by atoms with Crippen LogP contribution in [0.3, 0.4) is 0 Å². The van der Waals surface area contributed by atoms with Crippen LogP contribution in [0.15, 0.2) is 48.5 Å². The van der Waals surface area contributed by atoms with Crippen molar-refractivity contribution in [2.45, 2.75) is 44.6 Å². The van der Waals surface area contributed by atoms with Gasteiger partial charge in [0, 0.05) is 25.5 Å². The average Bonchev–Trinajstić information content (AvgIpc) is 3.16. The molecule has 0 heterocycles. The van der Waals surface area contributed by atoms with Gasteiger partial charge in [0.05, 0.1) is 6.61 Å². The summed E-state index contributed by atoms with van der Waals surface area (Å²) in [6.45, 7) is 3.42. The van der Waals surface area contributed by atoms with Gasteiger partial charge in [-0.15, -0.1) is 0 Å². The highest BCUT2D eigenvalue weighted by Crippen LogP contribution is 2.44. The van der Waals surface area contributed by atoms with Crippen molar-refractivity contribution in [3.05, 3.63) is 59.7 Å². The topological polar surface area (TPSA) is 114 Å².